The van der Waals surface area contributed by atoms with Crippen LogP contribution in [0.5, 0.6) is 0 Å². The van der Waals surface area contributed by atoms with Gasteiger partial charge < -0.3 is 4.98 Å². The van der Waals surface area contributed by atoms with Gasteiger partial charge >= 0.3 is 0 Å². The van der Waals surface area contributed by atoms with Gasteiger partial charge in [0.05, 0.1) is 16.1 Å². The first-order chi connectivity index (χ1) is 7.75. The summed E-state index contributed by atoms with van der Waals surface area (Å²) in [6, 6.07) is 0. The van der Waals surface area contributed by atoms with Gasteiger partial charge in [-0.25, -0.2) is 4.98 Å². The van der Waals surface area contributed by atoms with Crippen LogP contribution < -0.4 is 5.56 Å². The van der Waals surface area contributed by atoms with E-state index in [2.05, 4.69) is 30.9 Å². The molecular weight excluding hydrogens is 290 g/mol. The number of nitrogens with one attached hydrogen (secondary N) is 1. The van der Waals surface area contributed by atoms with Crippen molar-refractivity contribution in [3.8, 4) is 10.7 Å². The van der Waals surface area contributed by atoms with Crippen LogP contribution >= 0.6 is 27.3 Å². The molecule has 82 valence electrons. The first kappa shape index (κ1) is 10.2. The highest BCUT2D eigenvalue weighted by Gasteiger charge is 2.29. The zero-order valence-corrected chi connectivity index (χ0v) is 10.6. The fraction of sp³-hybridized carbons (Fsp3) is 0.300. The van der Waals surface area contributed by atoms with Crippen molar-refractivity contribution in [2.45, 2.75) is 18.8 Å². The number of rotatable bonds is 2. The second-order valence-electron chi connectivity index (χ2n) is 3.75. The minimum absolute atomic E-state index is 0.111. The van der Waals surface area contributed by atoms with Crippen LogP contribution in [0.1, 0.15) is 24.5 Å². The second-order valence-corrected chi connectivity index (χ2v) is 5.43. The Morgan fingerprint density at radius 1 is 1.50 bits per heavy atom. The fourth-order valence-electron chi connectivity index (χ4n) is 1.55. The van der Waals surface area contributed by atoms with Crippen LogP contribution in [-0.2, 0) is 0 Å². The van der Waals surface area contributed by atoms with Crippen LogP contribution in [0.2, 0.25) is 0 Å². The Labute approximate surface area is 104 Å². The van der Waals surface area contributed by atoms with Gasteiger partial charge in [0.15, 0.2) is 5.82 Å². The largest absolute Gasteiger partial charge is 0.305 e. The molecule has 0 amide bonds. The van der Waals surface area contributed by atoms with Crippen molar-refractivity contribution in [3.63, 3.8) is 0 Å². The molecule has 1 aliphatic rings. The molecule has 0 bridgehead atoms. The van der Waals surface area contributed by atoms with Crippen molar-refractivity contribution in [2.24, 2.45) is 0 Å². The molecule has 1 saturated carbocycles. The number of H-pyrrole nitrogens is 1. The molecule has 0 aliphatic heterocycles. The highest BCUT2D eigenvalue weighted by molar-refractivity contribution is 9.10. The summed E-state index contributed by atoms with van der Waals surface area (Å²) in [4.78, 5) is 23.9. The van der Waals surface area contributed by atoms with E-state index in [4.69, 9.17) is 0 Å². The highest BCUT2D eigenvalue weighted by Crippen LogP contribution is 2.41. The monoisotopic (exact) mass is 297 g/mol. The van der Waals surface area contributed by atoms with Gasteiger partial charge in [-0.2, -0.15) is 0 Å². The Bertz CT molecular complexity index is 574. The van der Waals surface area contributed by atoms with E-state index in [0.717, 1.165) is 23.4 Å². The van der Waals surface area contributed by atoms with Gasteiger partial charge in [-0.05, 0) is 28.8 Å². The predicted molar refractivity (Wildman–Crippen MR) is 65.6 cm³/mol. The van der Waals surface area contributed by atoms with Crippen LogP contribution in [0.15, 0.2) is 21.0 Å². The highest BCUT2D eigenvalue weighted by atomic mass is 79.9. The topological polar surface area (TPSA) is 58.6 Å². The molecule has 1 aliphatic carbocycles. The standard InChI is InChI=1S/C10H8BrN3OS/c11-7-8(5-1-2-5)13-9(14-10(7)15)6-3-12-4-16-6/h3-5H,1-2H2,(H,13,14,15). The molecule has 3 rings (SSSR count). The summed E-state index contributed by atoms with van der Waals surface area (Å²) in [6.45, 7) is 0. The van der Waals surface area contributed by atoms with E-state index in [1.165, 1.54) is 11.3 Å². The quantitative estimate of drug-likeness (QED) is 0.927. The minimum atomic E-state index is -0.111. The lowest BCUT2D eigenvalue weighted by Gasteiger charge is -2.03. The zero-order chi connectivity index (χ0) is 11.1. The van der Waals surface area contributed by atoms with E-state index in [1.807, 2.05) is 0 Å². The van der Waals surface area contributed by atoms with Gasteiger partial charge in [-0.15, -0.1) is 11.3 Å². The summed E-state index contributed by atoms with van der Waals surface area (Å²) in [7, 11) is 0. The first-order valence-corrected chi connectivity index (χ1v) is 6.61. The van der Waals surface area contributed by atoms with Crippen LogP contribution in [0.25, 0.3) is 10.7 Å². The van der Waals surface area contributed by atoms with Gasteiger partial charge in [0, 0.05) is 12.1 Å². The smallest absolute Gasteiger partial charge is 0.265 e. The Balaban J connectivity index is 2.17. The molecule has 2 heterocycles. The van der Waals surface area contributed by atoms with E-state index in [1.54, 1.807) is 11.7 Å². The number of hydrogen-bond acceptors (Lipinski definition) is 4. The molecule has 4 nitrogen and oxygen atoms in total. The van der Waals surface area contributed by atoms with E-state index in [-0.39, 0.29) is 5.56 Å². The van der Waals surface area contributed by atoms with E-state index in [9.17, 15) is 4.79 Å². The average Bonchev–Trinajstić information content (AvgIpc) is 2.96. The zero-order valence-electron chi connectivity index (χ0n) is 8.24. The van der Waals surface area contributed by atoms with E-state index in [0.29, 0.717) is 16.2 Å². The first-order valence-electron chi connectivity index (χ1n) is 4.94. The SMILES string of the molecule is O=c1[nH]c(-c2cncs2)nc(C2CC2)c1Br. The van der Waals surface area contributed by atoms with Gasteiger partial charge in [-0.3, -0.25) is 9.78 Å². The Hall–Kier alpha value is -1.01. The summed E-state index contributed by atoms with van der Waals surface area (Å²) >= 11 is 4.77. The third kappa shape index (κ3) is 1.72. The number of hydrogen-bond donors (Lipinski definition) is 1. The summed E-state index contributed by atoms with van der Waals surface area (Å²) in [5.41, 5.74) is 2.50. The van der Waals surface area contributed by atoms with Crippen LogP contribution in [0, 0.1) is 0 Å². The molecule has 1 N–H and O–H groups in total. The van der Waals surface area contributed by atoms with Crippen molar-refractivity contribution < 1.29 is 0 Å². The number of halogens is 1. The lowest BCUT2D eigenvalue weighted by Crippen LogP contribution is -2.12. The van der Waals surface area contributed by atoms with Crippen molar-refractivity contribution in [1.82, 2.24) is 15.0 Å². The van der Waals surface area contributed by atoms with Crippen LogP contribution in [0.4, 0.5) is 0 Å². The number of thiazole rings is 1. The maximum Gasteiger partial charge on any atom is 0.265 e. The molecular formula is C10H8BrN3OS. The molecule has 2 aromatic rings. The lowest BCUT2D eigenvalue weighted by molar-refractivity contribution is 0.962. The number of nitrogens with zero attached hydrogens (tertiary/aromatic N) is 2. The second kappa shape index (κ2) is 3.78. The number of aromatic nitrogens is 3. The Morgan fingerprint density at radius 3 is 2.94 bits per heavy atom. The lowest BCUT2D eigenvalue weighted by atomic mass is 10.3. The van der Waals surface area contributed by atoms with Crippen LogP contribution in [0.3, 0.4) is 0 Å². The minimum Gasteiger partial charge on any atom is -0.305 e. The molecule has 0 unspecified atom stereocenters. The van der Waals surface area contributed by atoms with Gasteiger partial charge in [0.25, 0.3) is 5.56 Å². The maximum atomic E-state index is 11.7. The van der Waals surface area contributed by atoms with Gasteiger partial charge in [0.2, 0.25) is 0 Å². The van der Waals surface area contributed by atoms with Crippen molar-refractivity contribution in [2.75, 3.05) is 0 Å². The van der Waals surface area contributed by atoms with Gasteiger partial charge in [0.1, 0.15) is 4.47 Å². The molecule has 16 heavy (non-hydrogen) atoms. The molecule has 1 fully saturated rings. The molecule has 0 atom stereocenters. The molecule has 0 aromatic carbocycles. The summed E-state index contributed by atoms with van der Waals surface area (Å²) in [6.07, 6.45) is 3.96. The normalized spacial score (nSPS) is 15.3. The molecule has 0 saturated heterocycles. The molecule has 0 radical (unpaired) electrons. The third-order valence-corrected chi connectivity index (χ3v) is 4.06. The summed E-state index contributed by atoms with van der Waals surface area (Å²) in [5.74, 6) is 1.07. The molecule has 0 spiro atoms. The maximum absolute atomic E-state index is 11.7. The van der Waals surface area contributed by atoms with Gasteiger partial charge in [-0.1, -0.05) is 0 Å². The fourth-order valence-corrected chi connectivity index (χ4v) is 2.63. The van der Waals surface area contributed by atoms with E-state index >= 15 is 0 Å². The Morgan fingerprint density at radius 2 is 2.31 bits per heavy atom. The molecule has 6 heteroatoms. The summed E-state index contributed by atoms with van der Waals surface area (Å²) in [5, 5.41) is 0. The average molecular weight is 298 g/mol. The predicted octanol–water partition coefficient (Wildman–Crippen LogP) is 2.53. The Kier molecular flexibility index (Phi) is 2.40. The van der Waals surface area contributed by atoms with E-state index < -0.39 is 0 Å². The van der Waals surface area contributed by atoms with Crippen molar-refractivity contribution >= 4 is 27.3 Å². The number of aromatic amines is 1. The summed E-state index contributed by atoms with van der Waals surface area (Å²) < 4.78 is 0.572. The van der Waals surface area contributed by atoms with Crippen molar-refractivity contribution in [1.29, 1.82) is 0 Å². The third-order valence-electron chi connectivity index (χ3n) is 2.52. The molecule has 2 aromatic heterocycles. The van der Waals surface area contributed by atoms with Crippen LogP contribution in [-0.4, -0.2) is 15.0 Å². The van der Waals surface area contributed by atoms with Crippen molar-refractivity contribution in [3.05, 3.63) is 32.2 Å².